The molecule has 1 aromatic carbocycles. The second kappa shape index (κ2) is 4.57. The van der Waals surface area contributed by atoms with Crippen LogP contribution in [0.2, 0.25) is 0 Å². The SMILES string of the molecule is CC1C(CC#N)Oc2c(C(=O)O)cccc2N1C. The fourth-order valence-electron chi connectivity index (χ4n) is 2.12. The zero-order valence-corrected chi connectivity index (χ0v) is 10.3. The molecule has 5 nitrogen and oxygen atoms in total. The number of benzene rings is 1. The molecule has 0 spiro atoms. The molecule has 1 N–H and O–H groups in total. The Morgan fingerprint density at radius 2 is 2.33 bits per heavy atom. The molecule has 1 aromatic rings. The minimum atomic E-state index is -1.02. The lowest BCUT2D eigenvalue weighted by atomic mass is 10.0. The van der Waals surface area contributed by atoms with Crippen molar-refractivity contribution in [3.05, 3.63) is 23.8 Å². The van der Waals surface area contributed by atoms with Gasteiger partial charge in [0.2, 0.25) is 0 Å². The summed E-state index contributed by atoms with van der Waals surface area (Å²) in [4.78, 5) is 13.1. The van der Waals surface area contributed by atoms with Crippen LogP contribution >= 0.6 is 0 Å². The highest BCUT2D eigenvalue weighted by Gasteiger charge is 2.33. The molecule has 0 amide bonds. The van der Waals surface area contributed by atoms with E-state index in [1.165, 1.54) is 6.07 Å². The monoisotopic (exact) mass is 246 g/mol. The first kappa shape index (κ1) is 12.2. The summed E-state index contributed by atoms with van der Waals surface area (Å²) in [6.07, 6.45) is -0.0770. The summed E-state index contributed by atoms with van der Waals surface area (Å²) in [6, 6.07) is 7.12. The predicted molar refractivity (Wildman–Crippen MR) is 65.9 cm³/mol. The highest BCUT2D eigenvalue weighted by Crippen LogP contribution is 2.38. The maximum Gasteiger partial charge on any atom is 0.339 e. The van der Waals surface area contributed by atoms with Crippen LogP contribution in [-0.4, -0.2) is 30.3 Å². The summed E-state index contributed by atoms with van der Waals surface area (Å²) in [6.45, 7) is 1.96. The van der Waals surface area contributed by atoms with E-state index in [-0.39, 0.29) is 24.1 Å². The Labute approximate surface area is 105 Å². The van der Waals surface area contributed by atoms with Crippen molar-refractivity contribution in [2.24, 2.45) is 0 Å². The molecule has 0 aliphatic carbocycles. The van der Waals surface area contributed by atoms with Gasteiger partial charge >= 0.3 is 5.97 Å². The maximum atomic E-state index is 11.2. The van der Waals surface area contributed by atoms with E-state index in [0.29, 0.717) is 5.75 Å². The van der Waals surface area contributed by atoms with Gasteiger partial charge in [0, 0.05) is 7.05 Å². The number of carboxylic acids is 1. The van der Waals surface area contributed by atoms with Crippen LogP contribution in [0.4, 0.5) is 5.69 Å². The summed E-state index contributed by atoms with van der Waals surface area (Å²) in [5, 5.41) is 17.9. The fourth-order valence-corrected chi connectivity index (χ4v) is 2.12. The van der Waals surface area contributed by atoms with E-state index in [1.54, 1.807) is 6.07 Å². The Hall–Kier alpha value is -2.22. The molecule has 2 rings (SSSR count). The fraction of sp³-hybridized carbons (Fsp3) is 0.385. The number of aromatic carboxylic acids is 1. The van der Waals surface area contributed by atoms with Gasteiger partial charge < -0.3 is 14.7 Å². The number of hydrogen-bond donors (Lipinski definition) is 1. The molecule has 2 atom stereocenters. The van der Waals surface area contributed by atoms with Gasteiger partial charge in [-0.15, -0.1) is 0 Å². The summed E-state index contributed by atoms with van der Waals surface area (Å²) in [5.41, 5.74) is 0.880. The first-order valence-corrected chi connectivity index (χ1v) is 5.69. The van der Waals surface area contributed by atoms with Gasteiger partial charge in [0.1, 0.15) is 11.7 Å². The van der Waals surface area contributed by atoms with Crippen molar-refractivity contribution in [3.8, 4) is 11.8 Å². The van der Waals surface area contributed by atoms with Crippen LogP contribution in [0, 0.1) is 11.3 Å². The lowest BCUT2D eigenvalue weighted by molar-refractivity contribution is 0.0686. The van der Waals surface area contributed by atoms with Crippen molar-refractivity contribution in [2.75, 3.05) is 11.9 Å². The van der Waals surface area contributed by atoms with Crippen molar-refractivity contribution in [1.82, 2.24) is 0 Å². The van der Waals surface area contributed by atoms with Gasteiger partial charge in [-0.05, 0) is 19.1 Å². The smallest absolute Gasteiger partial charge is 0.339 e. The first-order valence-electron chi connectivity index (χ1n) is 5.69. The molecule has 0 saturated heterocycles. The molecule has 0 bridgehead atoms. The molecule has 0 fully saturated rings. The van der Waals surface area contributed by atoms with E-state index in [4.69, 9.17) is 15.1 Å². The molecule has 0 saturated carbocycles. The van der Waals surface area contributed by atoms with Crippen molar-refractivity contribution in [1.29, 1.82) is 5.26 Å². The van der Waals surface area contributed by atoms with E-state index < -0.39 is 5.97 Å². The Kier molecular flexibility index (Phi) is 3.11. The Balaban J connectivity index is 2.49. The van der Waals surface area contributed by atoms with Gasteiger partial charge in [0.05, 0.1) is 24.2 Å². The molecule has 18 heavy (non-hydrogen) atoms. The second-order valence-electron chi connectivity index (χ2n) is 4.33. The molecular formula is C13H14N2O3. The van der Waals surface area contributed by atoms with Crippen molar-refractivity contribution >= 4 is 11.7 Å². The zero-order chi connectivity index (χ0) is 13.3. The van der Waals surface area contributed by atoms with Crippen LogP contribution in [0.25, 0.3) is 0 Å². The number of carboxylic acid groups (broad SMARTS) is 1. The number of fused-ring (bicyclic) bond motifs is 1. The highest BCUT2D eigenvalue weighted by atomic mass is 16.5. The number of rotatable bonds is 2. The number of anilines is 1. The van der Waals surface area contributed by atoms with E-state index in [0.717, 1.165) is 5.69 Å². The number of ether oxygens (including phenoxy) is 1. The average molecular weight is 246 g/mol. The van der Waals surface area contributed by atoms with Crippen molar-refractivity contribution < 1.29 is 14.6 Å². The molecule has 1 aliphatic rings. The predicted octanol–water partition coefficient (Wildman–Crippen LogP) is 1.88. The normalized spacial score (nSPS) is 21.7. The van der Waals surface area contributed by atoms with Gasteiger partial charge in [0.25, 0.3) is 0 Å². The second-order valence-corrected chi connectivity index (χ2v) is 4.33. The summed E-state index contributed by atoms with van der Waals surface area (Å²) in [5.74, 6) is -0.670. The molecule has 0 radical (unpaired) electrons. The lowest BCUT2D eigenvalue weighted by Crippen LogP contribution is -2.46. The van der Waals surface area contributed by atoms with Crippen LogP contribution < -0.4 is 9.64 Å². The van der Waals surface area contributed by atoms with Crippen LogP contribution in [0.1, 0.15) is 23.7 Å². The molecule has 94 valence electrons. The van der Waals surface area contributed by atoms with Crippen molar-refractivity contribution in [3.63, 3.8) is 0 Å². The summed E-state index contributed by atoms with van der Waals surface area (Å²) < 4.78 is 5.70. The molecular weight excluding hydrogens is 232 g/mol. The molecule has 0 aromatic heterocycles. The molecule has 1 heterocycles. The highest BCUT2D eigenvalue weighted by molar-refractivity contribution is 5.93. The quantitative estimate of drug-likeness (QED) is 0.862. The molecule has 1 aliphatic heterocycles. The Morgan fingerprint density at radius 3 is 2.94 bits per heavy atom. The number of nitriles is 1. The van der Waals surface area contributed by atoms with E-state index >= 15 is 0 Å². The third-order valence-corrected chi connectivity index (χ3v) is 3.32. The van der Waals surface area contributed by atoms with E-state index in [2.05, 4.69) is 6.07 Å². The van der Waals surface area contributed by atoms with Gasteiger partial charge in [-0.2, -0.15) is 5.26 Å². The number of hydrogen-bond acceptors (Lipinski definition) is 4. The molecule has 5 heteroatoms. The summed E-state index contributed by atoms with van der Waals surface area (Å²) >= 11 is 0. The first-order chi connectivity index (χ1) is 8.56. The zero-order valence-electron chi connectivity index (χ0n) is 10.3. The average Bonchev–Trinajstić information content (AvgIpc) is 2.35. The van der Waals surface area contributed by atoms with E-state index in [1.807, 2.05) is 24.9 Å². The van der Waals surface area contributed by atoms with Gasteiger partial charge in [-0.25, -0.2) is 4.79 Å². The number of carbonyl (C=O) groups is 1. The number of nitrogens with zero attached hydrogens (tertiary/aromatic N) is 2. The van der Waals surface area contributed by atoms with Gasteiger partial charge in [0.15, 0.2) is 5.75 Å². The molecule has 2 unspecified atom stereocenters. The van der Waals surface area contributed by atoms with Crippen LogP contribution in [-0.2, 0) is 0 Å². The van der Waals surface area contributed by atoms with Crippen LogP contribution in [0.5, 0.6) is 5.75 Å². The third kappa shape index (κ3) is 1.86. The minimum absolute atomic E-state index is 0.0289. The van der Waals surface area contributed by atoms with E-state index in [9.17, 15) is 4.79 Å². The van der Waals surface area contributed by atoms with Gasteiger partial charge in [-0.1, -0.05) is 6.07 Å². The lowest BCUT2D eigenvalue weighted by Gasteiger charge is -2.39. The van der Waals surface area contributed by atoms with Crippen LogP contribution in [0.15, 0.2) is 18.2 Å². The summed E-state index contributed by atoms with van der Waals surface area (Å²) in [7, 11) is 1.88. The van der Waals surface area contributed by atoms with Crippen molar-refractivity contribution in [2.45, 2.75) is 25.5 Å². The maximum absolute atomic E-state index is 11.2. The number of para-hydroxylation sites is 1. The van der Waals surface area contributed by atoms with Gasteiger partial charge in [-0.3, -0.25) is 0 Å². The topological polar surface area (TPSA) is 73.6 Å². The minimum Gasteiger partial charge on any atom is -0.484 e. The standard InChI is InChI=1S/C13H14N2O3/c1-8-11(6-7-14)18-12-9(13(16)17)4-3-5-10(12)15(8)2/h3-5,8,11H,6H2,1-2H3,(H,16,17). The van der Waals surface area contributed by atoms with Crippen LogP contribution in [0.3, 0.4) is 0 Å². The number of likely N-dealkylation sites (N-methyl/N-ethyl adjacent to an activating group) is 1. The largest absolute Gasteiger partial charge is 0.484 e. The third-order valence-electron chi connectivity index (χ3n) is 3.32. The Morgan fingerprint density at radius 1 is 1.61 bits per heavy atom. The Bertz CT molecular complexity index is 521.